The number of nitrogens with one attached hydrogen (secondary N) is 1. The van der Waals surface area contributed by atoms with E-state index in [1.54, 1.807) is 0 Å². The average molecular weight is 326 g/mol. The fraction of sp³-hybridized carbons (Fsp3) is 0.294. The van der Waals surface area contributed by atoms with Gasteiger partial charge < -0.3 is 9.26 Å². The maximum absolute atomic E-state index is 12.3. The molecule has 24 heavy (non-hydrogen) atoms. The Hall–Kier alpha value is -2.96. The molecule has 3 aromatic rings. The van der Waals surface area contributed by atoms with Gasteiger partial charge in [0.05, 0.1) is 11.9 Å². The summed E-state index contributed by atoms with van der Waals surface area (Å²) in [6.07, 6.45) is 2.17. The number of carbonyl (C=O) groups is 1. The van der Waals surface area contributed by atoms with Crippen molar-refractivity contribution in [3.05, 3.63) is 53.8 Å². The van der Waals surface area contributed by atoms with Gasteiger partial charge in [-0.3, -0.25) is 5.10 Å². The molecule has 0 radical (unpaired) electrons. The number of rotatable bonds is 6. The molecule has 0 aliphatic heterocycles. The SMILES string of the molecule is CC(C)Cc1noc(COC(=O)c2cn[nH]c2-c2ccccc2)n1. The zero-order valence-corrected chi connectivity index (χ0v) is 13.5. The summed E-state index contributed by atoms with van der Waals surface area (Å²) < 4.78 is 10.3. The molecule has 2 heterocycles. The first-order valence-electron chi connectivity index (χ1n) is 7.71. The summed E-state index contributed by atoms with van der Waals surface area (Å²) in [5.74, 6) is 0.830. The zero-order valence-electron chi connectivity index (χ0n) is 13.5. The van der Waals surface area contributed by atoms with Gasteiger partial charge in [-0.05, 0) is 5.92 Å². The molecule has 0 atom stereocenters. The number of nitrogens with zero attached hydrogens (tertiary/aromatic N) is 3. The van der Waals surface area contributed by atoms with Gasteiger partial charge in [-0.25, -0.2) is 4.79 Å². The van der Waals surface area contributed by atoms with Crippen LogP contribution in [0.2, 0.25) is 0 Å². The summed E-state index contributed by atoms with van der Waals surface area (Å²) >= 11 is 0. The molecular weight excluding hydrogens is 308 g/mol. The van der Waals surface area contributed by atoms with Crippen molar-refractivity contribution in [2.75, 3.05) is 0 Å². The van der Waals surface area contributed by atoms with Gasteiger partial charge in [0.2, 0.25) is 0 Å². The van der Waals surface area contributed by atoms with Crippen molar-refractivity contribution in [1.82, 2.24) is 20.3 Å². The molecule has 7 nitrogen and oxygen atoms in total. The van der Waals surface area contributed by atoms with Gasteiger partial charge in [0.15, 0.2) is 12.4 Å². The summed E-state index contributed by atoms with van der Waals surface area (Å²) in [5.41, 5.74) is 1.84. The molecule has 0 bridgehead atoms. The highest BCUT2D eigenvalue weighted by molar-refractivity contribution is 5.95. The van der Waals surface area contributed by atoms with Gasteiger partial charge in [-0.15, -0.1) is 0 Å². The fourth-order valence-corrected chi connectivity index (χ4v) is 2.27. The Bertz CT molecular complexity index is 808. The van der Waals surface area contributed by atoms with Crippen molar-refractivity contribution in [1.29, 1.82) is 0 Å². The minimum atomic E-state index is -0.494. The van der Waals surface area contributed by atoms with Crippen LogP contribution in [0.1, 0.15) is 35.9 Å². The molecule has 0 spiro atoms. The lowest BCUT2D eigenvalue weighted by Crippen LogP contribution is -2.06. The summed E-state index contributed by atoms with van der Waals surface area (Å²) in [6.45, 7) is 4.07. The molecule has 0 aliphatic carbocycles. The van der Waals surface area contributed by atoms with Crippen LogP contribution in [0.3, 0.4) is 0 Å². The van der Waals surface area contributed by atoms with Crippen LogP contribution in [0.5, 0.6) is 0 Å². The third kappa shape index (κ3) is 3.68. The van der Waals surface area contributed by atoms with Crippen molar-refractivity contribution in [2.24, 2.45) is 5.92 Å². The fourth-order valence-electron chi connectivity index (χ4n) is 2.27. The van der Waals surface area contributed by atoms with E-state index in [1.807, 2.05) is 30.3 Å². The van der Waals surface area contributed by atoms with Crippen LogP contribution >= 0.6 is 0 Å². The van der Waals surface area contributed by atoms with E-state index in [1.165, 1.54) is 6.20 Å². The standard InChI is InChI=1S/C17H18N4O3/c1-11(2)8-14-19-15(24-21-14)10-23-17(22)13-9-18-20-16(13)12-6-4-3-5-7-12/h3-7,9,11H,8,10H2,1-2H3,(H,18,20). The van der Waals surface area contributed by atoms with Crippen molar-refractivity contribution in [2.45, 2.75) is 26.9 Å². The Morgan fingerprint density at radius 2 is 2.08 bits per heavy atom. The molecule has 0 fully saturated rings. The number of aromatic nitrogens is 4. The maximum atomic E-state index is 12.3. The zero-order chi connectivity index (χ0) is 16.9. The molecule has 3 rings (SSSR count). The van der Waals surface area contributed by atoms with Crippen molar-refractivity contribution in [3.63, 3.8) is 0 Å². The van der Waals surface area contributed by atoms with E-state index < -0.39 is 5.97 Å². The number of H-pyrrole nitrogens is 1. The Labute approximate surface area is 139 Å². The number of esters is 1. The molecule has 0 amide bonds. The molecule has 0 aliphatic rings. The number of carbonyl (C=O) groups excluding carboxylic acids is 1. The predicted octanol–water partition coefficient (Wildman–Crippen LogP) is 3.02. The van der Waals surface area contributed by atoms with Crippen LogP contribution in [0.4, 0.5) is 0 Å². The van der Waals surface area contributed by atoms with Crippen LogP contribution in [-0.4, -0.2) is 26.3 Å². The van der Waals surface area contributed by atoms with Gasteiger partial charge in [0.25, 0.3) is 5.89 Å². The minimum Gasteiger partial charge on any atom is -0.452 e. The normalized spacial score (nSPS) is 11.0. The Morgan fingerprint density at radius 3 is 2.83 bits per heavy atom. The lowest BCUT2D eigenvalue weighted by Gasteiger charge is -2.03. The molecule has 0 saturated carbocycles. The quantitative estimate of drug-likeness (QED) is 0.700. The first-order chi connectivity index (χ1) is 11.6. The van der Waals surface area contributed by atoms with Gasteiger partial charge >= 0.3 is 5.97 Å². The van der Waals surface area contributed by atoms with Gasteiger partial charge in [0.1, 0.15) is 5.56 Å². The van der Waals surface area contributed by atoms with E-state index >= 15 is 0 Å². The molecule has 1 aromatic carbocycles. The van der Waals surface area contributed by atoms with Crippen LogP contribution in [0.15, 0.2) is 41.1 Å². The number of aromatic amines is 1. The first kappa shape index (κ1) is 15.9. The molecule has 2 aromatic heterocycles. The van der Waals surface area contributed by atoms with Crippen molar-refractivity contribution in [3.8, 4) is 11.3 Å². The molecule has 124 valence electrons. The second-order valence-corrected chi connectivity index (χ2v) is 5.80. The molecular formula is C17H18N4O3. The second-order valence-electron chi connectivity index (χ2n) is 5.80. The predicted molar refractivity (Wildman–Crippen MR) is 86.0 cm³/mol. The van der Waals surface area contributed by atoms with Gasteiger partial charge in [-0.1, -0.05) is 49.3 Å². The van der Waals surface area contributed by atoms with E-state index in [4.69, 9.17) is 9.26 Å². The summed E-state index contributed by atoms with van der Waals surface area (Å²) in [7, 11) is 0. The number of ether oxygens (including phenoxy) is 1. The number of benzene rings is 1. The third-order valence-electron chi connectivity index (χ3n) is 3.35. The monoisotopic (exact) mass is 326 g/mol. The summed E-state index contributed by atoms with van der Waals surface area (Å²) in [5, 5.41) is 10.6. The van der Waals surface area contributed by atoms with E-state index in [2.05, 4.69) is 34.2 Å². The van der Waals surface area contributed by atoms with E-state index in [9.17, 15) is 4.79 Å². The largest absolute Gasteiger partial charge is 0.452 e. The summed E-state index contributed by atoms with van der Waals surface area (Å²) in [6, 6.07) is 9.46. The Kier molecular flexibility index (Phi) is 4.69. The lowest BCUT2D eigenvalue weighted by molar-refractivity contribution is 0.0431. The highest BCUT2D eigenvalue weighted by atomic mass is 16.6. The Balaban J connectivity index is 1.66. The van der Waals surface area contributed by atoms with Crippen LogP contribution in [0.25, 0.3) is 11.3 Å². The second kappa shape index (κ2) is 7.08. The van der Waals surface area contributed by atoms with E-state index in [-0.39, 0.29) is 12.5 Å². The first-order valence-corrected chi connectivity index (χ1v) is 7.71. The molecule has 0 unspecified atom stereocenters. The Morgan fingerprint density at radius 1 is 1.29 bits per heavy atom. The smallest absolute Gasteiger partial charge is 0.342 e. The molecule has 1 N–H and O–H groups in total. The van der Waals surface area contributed by atoms with Crippen LogP contribution < -0.4 is 0 Å². The number of hydrogen-bond donors (Lipinski definition) is 1. The van der Waals surface area contributed by atoms with E-state index in [0.29, 0.717) is 23.0 Å². The van der Waals surface area contributed by atoms with Crippen molar-refractivity contribution < 1.29 is 14.1 Å². The van der Waals surface area contributed by atoms with Gasteiger partial charge in [-0.2, -0.15) is 10.1 Å². The minimum absolute atomic E-state index is 0.0661. The summed E-state index contributed by atoms with van der Waals surface area (Å²) in [4.78, 5) is 16.5. The third-order valence-corrected chi connectivity index (χ3v) is 3.35. The maximum Gasteiger partial charge on any atom is 0.342 e. The highest BCUT2D eigenvalue weighted by Crippen LogP contribution is 2.21. The average Bonchev–Trinajstić information content (AvgIpc) is 3.22. The highest BCUT2D eigenvalue weighted by Gasteiger charge is 2.18. The number of hydrogen-bond acceptors (Lipinski definition) is 6. The molecule has 0 saturated heterocycles. The topological polar surface area (TPSA) is 93.9 Å². The van der Waals surface area contributed by atoms with Gasteiger partial charge in [0, 0.05) is 12.0 Å². The van der Waals surface area contributed by atoms with Crippen LogP contribution in [0, 0.1) is 5.92 Å². The van der Waals surface area contributed by atoms with Crippen LogP contribution in [-0.2, 0) is 17.8 Å². The lowest BCUT2D eigenvalue weighted by atomic mass is 10.1. The van der Waals surface area contributed by atoms with Crippen molar-refractivity contribution >= 4 is 5.97 Å². The molecule has 7 heteroatoms. The van der Waals surface area contributed by atoms with E-state index in [0.717, 1.165) is 12.0 Å².